The lowest BCUT2D eigenvalue weighted by Gasteiger charge is -2.45. The van der Waals surface area contributed by atoms with Gasteiger partial charge in [-0.15, -0.1) is 11.3 Å². The maximum absolute atomic E-state index is 2.78. The summed E-state index contributed by atoms with van der Waals surface area (Å²) < 4.78 is 4.10. The Labute approximate surface area is 453 Å². The third-order valence-electron chi connectivity index (χ3n) is 17.8. The summed E-state index contributed by atoms with van der Waals surface area (Å²) in [4.78, 5) is 6.51. The van der Waals surface area contributed by atoms with Gasteiger partial charge in [-0.3, -0.25) is 0 Å². The van der Waals surface area contributed by atoms with Gasteiger partial charge in [-0.1, -0.05) is 184 Å². The molecule has 374 valence electrons. The summed E-state index contributed by atoms with van der Waals surface area (Å²) in [5.41, 5.74) is 23.4. The molecule has 0 saturated carbocycles. The monoisotopic (exact) mass is 1000 g/mol. The molecule has 0 amide bonds. The molecule has 0 saturated heterocycles. The first kappa shape index (κ1) is 47.1. The van der Waals surface area contributed by atoms with E-state index in [-0.39, 0.29) is 28.5 Å². The van der Waals surface area contributed by atoms with E-state index in [1.54, 1.807) is 0 Å². The minimum absolute atomic E-state index is 0.0259. The van der Waals surface area contributed by atoms with Crippen molar-refractivity contribution >= 4 is 105 Å². The summed E-state index contributed by atoms with van der Waals surface area (Å²) in [5.74, 6) is 0. The van der Waals surface area contributed by atoms with Crippen LogP contribution in [0.4, 0.5) is 34.1 Å². The normalized spacial score (nSPS) is 15.4. The van der Waals surface area contributed by atoms with Gasteiger partial charge >= 0.3 is 6.85 Å². The number of thiophene rings is 1. The van der Waals surface area contributed by atoms with Gasteiger partial charge in [-0.05, 0) is 168 Å². The summed E-state index contributed by atoms with van der Waals surface area (Å²) >= 11 is 1.95. The molecule has 0 spiro atoms. The van der Waals surface area contributed by atoms with Crippen molar-refractivity contribution in [2.24, 2.45) is 0 Å². The van der Waals surface area contributed by atoms with Crippen LogP contribution in [0, 0.1) is 6.92 Å². The molecule has 2 aromatic heterocycles. The Morgan fingerprint density at radius 1 is 0.526 bits per heavy atom. The topological polar surface area (TPSA) is 11.4 Å². The van der Waals surface area contributed by atoms with Gasteiger partial charge in [-0.25, -0.2) is 0 Å². The van der Waals surface area contributed by atoms with Crippen molar-refractivity contribution in [3.63, 3.8) is 0 Å². The third-order valence-corrected chi connectivity index (χ3v) is 19.0. The van der Waals surface area contributed by atoms with E-state index in [0.29, 0.717) is 0 Å². The number of fused-ring (bicyclic) bond motifs is 12. The van der Waals surface area contributed by atoms with Crippen molar-refractivity contribution in [1.29, 1.82) is 0 Å². The Balaban J connectivity index is 1.13. The highest BCUT2D eigenvalue weighted by Gasteiger charge is 2.46. The van der Waals surface area contributed by atoms with E-state index in [9.17, 15) is 0 Å². The number of nitrogens with zero attached hydrogens (tertiary/aromatic N) is 3. The quantitative estimate of drug-likeness (QED) is 0.159. The highest BCUT2D eigenvalue weighted by Crippen LogP contribution is 2.55. The van der Waals surface area contributed by atoms with Gasteiger partial charge in [0.25, 0.3) is 0 Å². The number of aromatic nitrogens is 1. The van der Waals surface area contributed by atoms with E-state index in [0.717, 1.165) is 23.5 Å². The van der Waals surface area contributed by atoms with Crippen LogP contribution in [0.15, 0.2) is 176 Å². The zero-order valence-corrected chi connectivity index (χ0v) is 46.8. The van der Waals surface area contributed by atoms with Crippen LogP contribution >= 0.6 is 11.3 Å². The van der Waals surface area contributed by atoms with Crippen molar-refractivity contribution in [3.05, 3.63) is 204 Å². The first-order valence-electron chi connectivity index (χ1n) is 27.6. The Kier molecular flexibility index (Phi) is 10.1. The van der Waals surface area contributed by atoms with E-state index in [4.69, 9.17) is 0 Å². The zero-order chi connectivity index (χ0) is 52.4. The van der Waals surface area contributed by atoms with Crippen LogP contribution in [0.2, 0.25) is 0 Å². The molecule has 1 aliphatic carbocycles. The maximum Gasteiger partial charge on any atom is 0.333 e. The van der Waals surface area contributed by atoms with Gasteiger partial charge < -0.3 is 14.3 Å². The van der Waals surface area contributed by atoms with Crippen LogP contribution in [0.3, 0.4) is 0 Å². The molecule has 5 heteroatoms. The predicted octanol–water partition coefficient (Wildman–Crippen LogP) is 19.0. The summed E-state index contributed by atoms with van der Waals surface area (Å²) in [6.45, 7) is 25.9. The first-order chi connectivity index (χ1) is 36.4. The summed E-state index contributed by atoms with van der Waals surface area (Å²) in [5, 5.41) is 6.48. The molecule has 0 N–H and O–H groups in total. The Morgan fingerprint density at radius 3 is 1.79 bits per heavy atom. The minimum Gasteiger partial charge on any atom is -0.367 e. The van der Waals surface area contributed by atoms with E-state index in [1.807, 2.05) is 11.3 Å². The molecule has 3 nitrogen and oxygen atoms in total. The average Bonchev–Trinajstić information content (AvgIpc) is 3.90. The van der Waals surface area contributed by atoms with Crippen LogP contribution in [-0.2, 0) is 21.7 Å². The molecule has 0 radical (unpaired) electrons. The third kappa shape index (κ3) is 7.00. The fraction of sp³-hybridized carbons (Fsp3) is 0.239. The van der Waals surface area contributed by atoms with Crippen LogP contribution in [0.5, 0.6) is 0 Å². The summed E-state index contributed by atoms with van der Waals surface area (Å²) in [6.07, 6.45) is 2.34. The molecule has 11 aromatic rings. The second-order valence-electron chi connectivity index (χ2n) is 25.7. The largest absolute Gasteiger partial charge is 0.367 e. The van der Waals surface area contributed by atoms with Gasteiger partial charge in [0.2, 0.25) is 0 Å². The lowest BCUT2D eigenvalue weighted by Crippen LogP contribution is -2.56. The van der Waals surface area contributed by atoms with Gasteiger partial charge in [0.15, 0.2) is 0 Å². The molecular weight excluding hydrogens is 938 g/mol. The van der Waals surface area contributed by atoms with Crippen LogP contribution in [0.25, 0.3) is 64.2 Å². The van der Waals surface area contributed by atoms with E-state index < -0.39 is 0 Å². The highest BCUT2D eigenvalue weighted by molar-refractivity contribution is 7.26. The second kappa shape index (κ2) is 16.3. The van der Waals surface area contributed by atoms with Crippen LogP contribution in [0.1, 0.15) is 110 Å². The van der Waals surface area contributed by atoms with Crippen molar-refractivity contribution < 1.29 is 0 Å². The van der Waals surface area contributed by atoms with E-state index in [2.05, 4.69) is 266 Å². The molecular formula is C71H66BN3S. The first-order valence-corrected chi connectivity index (χ1v) is 28.4. The summed E-state index contributed by atoms with van der Waals surface area (Å²) in [7, 11) is 0. The minimum atomic E-state index is -0.102. The van der Waals surface area contributed by atoms with Crippen LogP contribution < -0.4 is 20.7 Å². The lowest BCUT2D eigenvalue weighted by molar-refractivity contribution is 0.332. The lowest BCUT2D eigenvalue weighted by atomic mass is 9.44. The fourth-order valence-corrected chi connectivity index (χ4v) is 14.8. The molecule has 3 aliphatic rings. The molecule has 0 fully saturated rings. The Morgan fingerprint density at radius 2 is 1.13 bits per heavy atom. The smallest absolute Gasteiger partial charge is 0.333 e. The molecule has 0 atom stereocenters. The molecule has 0 unspecified atom stereocenters. The van der Waals surface area contributed by atoms with Gasteiger partial charge in [0.05, 0.1) is 4.83 Å². The van der Waals surface area contributed by atoms with Crippen molar-refractivity contribution in [2.45, 2.75) is 111 Å². The Bertz CT molecular complexity index is 4140. The number of hydrogen-bond donors (Lipinski definition) is 0. The number of aryl methyl sites for hydroxylation is 1. The highest BCUT2D eigenvalue weighted by atomic mass is 32.1. The van der Waals surface area contributed by atoms with Gasteiger partial charge in [0.1, 0.15) is 0 Å². The number of hydrogen-bond acceptors (Lipinski definition) is 3. The van der Waals surface area contributed by atoms with E-state index in [1.165, 1.54) is 126 Å². The van der Waals surface area contributed by atoms with E-state index >= 15 is 0 Å². The van der Waals surface area contributed by atoms with Gasteiger partial charge in [-0.2, -0.15) is 0 Å². The van der Waals surface area contributed by atoms with Crippen molar-refractivity contribution in [3.8, 4) is 22.3 Å². The Hall–Kier alpha value is -7.34. The van der Waals surface area contributed by atoms with Gasteiger partial charge in [0, 0.05) is 66.1 Å². The molecule has 2 aliphatic heterocycles. The molecule has 0 bridgehead atoms. The van der Waals surface area contributed by atoms with Crippen LogP contribution in [-0.4, -0.2) is 11.3 Å². The maximum atomic E-state index is 2.78. The zero-order valence-electron chi connectivity index (χ0n) is 46.0. The standard InChI is InChI=1S/C71H66BN3S/c1-43-37-56-57(71(10,11)36-35-70(56,8)9)42-60(43)74-59-34-25-45(44-19-13-12-14-20-44)38-58(59)72-65-61(74)39-46-21-15-16-22-52(46)63(65)54-40-51(41-55-64-53-23-17-18-24-62(53)76-67(64)75(72)66(54)55)73(49-30-26-47(27-31-49)68(2,3)4)50-32-28-48(29-33-50)69(5,6)7/h12-34,37-42H,35-36H2,1-11H3. The van der Waals surface area contributed by atoms with Crippen molar-refractivity contribution in [1.82, 2.24) is 4.48 Å². The molecule has 14 rings (SSSR count). The molecule has 76 heavy (non-hydrogen) atoms. The predicted molar refractivity (Wildman–Crippen MR) is 330 cm³/mol. The number of anilines is 6. The molecule has 9 aromatic carbocycles. The average molecular weight is 1000 g/mol. The summed E-state index contributed by atoms with van der Waals surface area (Å²) in [6, 6.07) is 68.1. The number of benzene rings is 9. The van der Waals surface area contributed by atoms with Crippen molar-refractivity contribution in [2.75, 3.05) is 9.80 Å². The fourth-order valence-electron chi connectivity index (χ4n) is 13.5. The number of rotatable bonds is 5. The molecule has 4 heterocycles. The SMILES string of the molecule is Cc1cc2c(cc1N1c3ccc(-c4ccccc4)cc3B3c4c1cc1ccccc1c4-c1cc(N(c4ccc(C(C)(C)C)cc4)c4ccc(C(C)(C)C)cc4)cc4c5c6ccccc6sc5n3c14)C(C)(C)CCC2(C)C. The second-order valence-corrected chi connectivity index (χ2v) is 26.7.